The molecule has 0 saturated heterocycles. The van der Waals surface area contributed by atoms with E-state index in [2.05, 4.69) is 26.8 Å². The van der Waals surface area contributed by atoms with E-state index in [-0.39, 0.29) is 0 Å². The molecule has 0 amide bonds. The predicted octanol–water partition coefficient (Wildman–Crippen LogP) is 1.04. The van der Waals surface area contributed by atoms with E-state index in [0.717, 1.165) is 18.9 Å². The molecule has 0 bridgehead atoms. The summed E-state index contributed by atoms with van der Waals surface area (Å²) >= 11 is 1.90. The summed E-state index contributed by atoms with van der Waals surface area (Å²) in [6, 6.07) is 0. The second kappa shape index (κ2) is 6.91. The minimum atomic E-state index is 0.791. The van der Waals surface area contributed by atoms with Gasteiger partial charge in [-0.3, -0.25) is 5.10 Å². The fraction of sp³-hybridized carbons (Fsp3) is 0.750. The Morgan fingerprint density at radius 3 is 3.15 bits per heavy atom. The molecule has 1 heterocycles. The largest absolute Gasteiger partial charge is 0.310 e. The van der Waals surface area contributed by atoms with Gasteiger partial charge in [-0.15, -0.1) is 0 Å². The third kappa shape index (κ3) is 4.90. The topological polar surface area (TPSA) is 53.6 Å². The molecule has 0 spiro atoms. The van der Waals surface area contributed by atoms with E-state index >= 15 is 0 Å². The van der Waals surface area contributed by atoms with Gasteiger partial charge in [-0.25, -0.2) is 4.98 Å². The number of unbranched alkanes of at least 4 members (excludes halogenated alkanes) is 1. The number of rotatable bonds is 7. The van der Waals surface area contributed by atoms with E-state index in [1.54, 1.807) is 0 Å². The third-order valence-electron chi connectivity index (χ3n) is 1.71. The summed E-state index contributed by atoms with van der Waals surface area (Å²) < 4.78 is 0. The summed E-state index contributed by atoms with van der Waals surface area (Å²) in [4.78, 5) is 4.02. The van der Waals surface area contributed by atoms with E-state index in [1.807, 2.05) is 11.8 Å². The lowest BCUT2D eigenvalue weighted by Gasteiger charge is -2.00. The number of hydrogen-bond donors (Lipinski definition) is 2. The van der Waals surface area contributed by atoms with Crippen molar-refractivity contribution in [3.63, 3.8) is 0 Å². The highest BCUT2D eigenvalue weighted by Crippen LogP contribution is 1.97. The van der Waals surface area contributed by atoms with Crippen molar-refractivity contribution in [2.24, 2.45) is 0 Å². The van der Waals surface area contributed by atoms with Crippen LogP contribution in [0.5, 0.6) is 0 Å². The second-order valence-electron chi connectivity index (χ2n) is 2.81. The van der Waals surface area contributed by atoms with Crippen LogP contribution in [0.15, 0.2) is 6.33 Å². The van der Waals surface area contributed by atoms with Crippen LogP contribution in [0.25, 0.3) is 0 Å². The van der Waals surface area contributed by atoms with Crippen LogP contribution < -0.4 is 5.32 Å². The number of nitrogens with one attached hydrogen (secondary N) is 2. The van der Waals surface area contributed by atoms with Gasteiger partial charge in [0.05, 0.1) is 6.54 Å². The Morgan fingerprint density at radius 1 is 1.54 bits per heavy atom. The number of thioether (sulfide) groups is 1. The van der Waals surface area contributed by atoms with E-state index < -0.39 is 0 Å². The molecule has 1 rings (SSSR count). The number of aromatic amines is 1. The monoisotopic (exact) mass is 200 g/mol. The first kappa shape index (κ1) is 10.5. The van der Waals surface area contributed by atoms with Crippen LogP contribution in [-0.2, 0) is 6.54 Å². The molecule has 2 N–H and O–H groups in total. The highest BCUT2D eigenvalue weighted by molar-refractivity contribution is 7.98. The third-order valence-corrected chi connectivity index (χ3v) is 2.41. The fourth-order valence-electron chi connectivity index (χ4n) is 1.02. The summed E-state index contributed by atoms with van der Waals surface area (Å²) in [5.74, 6) is 2.16. The summed E-state index contributed by atoms with van der Waals surface area (Å²) in [7, 11) is 0. The molecule has 0 unspecified atom stereocenters. The number of hydrogen-bond acceptors (Lipinski definition) is 4. The maximum atomic E-state index is 4.02. The lowest BCUT2D eigenvalue weighted by Crippen LogP contribution is -2.15. The van der Waals surface area contributed by atoms with Gasteiger partial charge in [0, 0.05) is 0 Å². The minimum Gasteiger partial charge on any atom is -0.310 e. The summed E-state index contributed by atoms with van der Waals surface area (Å²) in [5, 5.41) is 9.89. The highest BCUT2D eigenvalue weighted by atomic mass is 32.2. The molecule has 0 aromatic carbocycles. The van der Waals surface area contributed by atoms with E-state index in [9.17, 15) is 0 Å². The van der Waals surface area contributed by atoms with Crippen LogP contribution in [0.1, 0.15) is 18.7 Å². The Bertz CT molecular complexity index is 200. The molecule has 0 fully saturated rings. The lowest BCUT2D eigenvalue weighted by atomic mass is 10.3. The Hall–Kier alpha value is -0.550. The van der Waals surface area contributed by atoms with Crippen LogP contribution in [-0.4, -0.2) is 33.7 Å². The van der Waals surface area contributed by atoms with Crippen LogP contribution in [0.2, 0.25) is 0 Å². The van der Waals surface area contributed by atoms with Gasteiger partial charge in [0.2, 0.25) is 0 Å². The summed E-state index contributed by atoms with van der Waals surface area (Å²) in [6.07, 6.45) is 6.19. The van der Waals surface area contributed by atoms with Crippen molar-refractivity contribution < 1.29 is 0 Å². The Morgan fingerprint density at radius 2 is 2.46 bits per heavy atom. The van der Waals surface area contributed by atoms with Crippen molar-refractivity contribution in [3.05, 3.63) is 12.2 Å². The molecule has 0 radical (unpaired) electrons. The van der Waals surface area contributed by atoms with Gasteiger partial charge in [-0.2, -0.15) is 16.9 Å². The first-order chi connectivity index (χ1) is 6.43. The van der Waals surface area contributed by atoms with Crippen molar-refractivity contribution >= 4 is 11.8 Å². The maximum absolute atomic E-state index is 4.02. The van der Waals surface area contributed by atoms with Crippen molar-refractivity contribution in [1.82, 2.24) is 20.5 Å². The molecule has 1 aromatic rings. The molecule has 74 valence electrons. The van der Waals surface area contributed by atoms with Gasteiger partial charge in [0.25, 0.3) is 0 Å². The molecule has 13 heavy (non-hydrogen) atoms. The lowest BCUT2D eigenvalue weighted by molar-refractivity contribution is 0.626. The van der Waals surface area contributed by atoms with E-state index in [1.165, 1.54) is 24.9 Å². The quantitative estimate of drug-likeness (QED) is 0.646. The van der Waals surface area contributed by atoms with Crippen molar-refractivity contribution in [3.8, 4) is 0 Å². The van der Waals surface area contributed by atoms with Crippen LogP contribution in [0.4, 0.5) is 0 Å². The standard InChI is InChI=1S/C8H16N4S/c1-13-5-3-2-4-9-6-8-10-7-11-12-8/h7,9H,2-6H2,1H3,(H,10,11,12). The van der Waals surface area contributed by atoms with Gasteiger partial charge in [-0.1, -0.05) is 0 Å². The molecule has 5 heteroatoms. The van der Waals surface area contributed by atoms with Crippen LogP contribution in [0.3, 0.4) is 0 Å². The highest BCUT2D eigenvalue weighted by Gasteiger charge is 1.93. The van der Waals surface area contributed by atoms with E-state index in [4.69, 9.17) is 0 Å². The molecule has 0 saturated carbocycles. The Kier molecular flexibility index (Phi) is 5.60. The molecule has 0 aliphatic heterocycles. The normalized spacial score (nSPS) is 10.5. The predicted molar refractivity (Wildman–Crippen MR) is 55.7 cm³/mol. The van der Waals surface area contributed by atoms with Gasteiger partial charge in [0.1, 0.15) is 12.2 Å². The molecule has 1 aromatic heterocycles. The zero-order valence-electron chi connectivity index (χ0n) is 7.92. The van der Waals surface area contributed by atoms with Crippen molar-refractivity contribution in [1.29, 1.82) is 0 Å². The number of nitrogens with zero attached hydrogens (tertiary/aromatic N) is 2. The Labute approximate surface area is 82.9 Å². The molecular weight excluding hydrogens is 184 g/mol. The molecule has 0 atom stereocenters. The number of H-pyrrole nitrogens is 1. The van der Waals surface area contributed by atoms with Gasteiger partial charge < -0.3 is 5.32 Å². The minimum absolute atomic E-state index is 0.791. The second-order valence-corrected chi connectivity index (χ2v) is 3.79. The molecule has 4 nitrogen and oxygen atoms in total. The van der Waals surface area contributed by atoms with Gasteiger partial charge in [-0.05, 0) is 31.4 Å². The zero-order valence-corrected chi connectivity index (χ0v) is 8.73. The SMILES string of the molecule is CSCCCCNCc1ncn[nH]1. The Balaban J connectivity index is 1.90. The smallest absolute Gasteiger partial charge is 0.138 e. The molecule has 0 aliphatic rings. The van der Waals surface area contributed by atoms with Gasteiger partial charge >= 0.3 is 0 Å². The average Bonchev–Trinajstić information content (AvgIpc) is 2.63. The zero-order chi connectivity index (χ0) is 9.36. The van der Waals surface area contributed by atoms with E-state index in [0.29, 0.717) is 0 Å². The van der Waals surface area contributed by atoms with Crippen molar-refractivity contribution in [2.75, 3.05) is 18.6 Å². The van der Waals surface area contributed by atoms with Crippen LogP contribution in [0, 0.1) is 0 Å². The maximum Gasteiger partial charge on any atom is 0.138 e. The average molecular weight is 200 g/mol. The van der Waals surface area contributed by atoms with Gasteiger partial charge in [0.15, 0.2) is 0 Å². The van der Waals surface area contributed by atoms with Crippen LogP contribution >= 0.6 is 11.8 Å². The first-order valence-corrected chi connectivity index (χ1v) is 5.87. The van der Waals surface area contributed by atoms with Crippen molar-refractivity contribution in [2.45, 2.75) is 19.4 Å². The molecular formula is C8H16N4S. The number of aromatic nitrogens is 3. The summed E-state index contributed by atoms with van der Waals surface area (Å²) in [5.41, 5.74) is 0. The molecule has 0 aliphatic carbocycles. The first-order valence-electron chi connectivity index (χ1n) is 4.47. The summed E-state index contributed by atoms with van der Waals surface area (Å²) in [6.45, 7) is 1.85. The fourth-order valence-corrected chi connectivity index (χ4v) is 1.51.